The van der Waals surface area contributed by atoms with Crippen molar-refractivity contribution in [1.82, 2.24) is 4.98 Å². The molecule has 5 nitrogen and oxygen atoms in total. The summed E-state index contributed by atoms with van der Waals surface area (Å²) < 4.78 is 5.49. The first kappa shape index (κ1) is 9.01. The number of nitrogens with one attached hydrogen (secondary N) is 1. The Bertz CT molecular complexity index is 568. The van der Waals surface area contributed by atoms with E-state index in [2.05, 4.69) is 20.9 Å². The summed E-state index contributed by atoms with van der Waals surface area (Å²) in [6.07, 6.45) is 2.45. The van der Waals surface area contributed by atoms with E-state index in [0.29, 0.717) is 4.47 Å². The molecule has 2 aromatic rings. The van der Waals surface area contributed by atoms with Gasteiger partial charge >= 0.3 is 5.97 Å². The minimum atomic E-state index is -1.19. The second kappa shape index (κ2) is 2.98. The number of carboxylic acids is 1. The lowest BCUT2D eigenvalue weighted by atomic mass is 10.2. The molecule has 2 N–H and O–H groups in total. The highest BCUT2D eigenvalue weighted by atomic mass is 79.9. The molecule has 0 saturated heterocycles. The zero-order valence-electron chi connectivity index (χ0n) is 6.70. The highest BCUT2D eigenvalue weighted by Crippen LogP contribution is 2.24. The van der Waals surface area contributed by atoms with Crippen LogP contribution in [0.15, 0.2) is 26.1 Å². The number of hydrogen-bond acceptors (Lipinski definition) is 3. The summed E-state index contributed by atoms with van der Waals surface area (Å²) in [6, 6.07) is 0. The molecule has 72 valence electrons. The summed E-state index contributed by atoms with van der Waals surface area (Å²) in [4.78, 5) is 24.4. The number of rotatable bonds is 1. The maximum absolute atomic E-state index is 11.3. The van der Waals surface area contributed by atoms with E-state index in [9.17, 15) is 9.59 Å². The van der Waals surface area contributed by atoms with Crippen molar-refractivity contribution < 1.29 is 14.3 Å². The van der Waals surface area contributed by atoms with Crippen LogP contribution in [0.25, 0.3) is 11.0 Å². The maximum atomic E-state index is 11.3. The number of furan rings is 1. The first-order valence-electron chi connectivity index (χ1n) is 3.63. The Morgan fingerprint density at radius 3 is 2.93 bits per heavy atom. The van der Waals surface area contributed by atoms with Crippen LogP contribution < -0.4 is 5.56 Å². The van der Waals surface area contributed by atoms with Crippen LogP contribution in [-0.4, -0.2) is 16.1 Å². The summed E-state index contributed by atoms with van der Waals surface area (Å²) in [5, 5.41) is 8.81. The van der Waals surface area contributed by atoms with E-state index in [0.717, 1.165) is 6.26 Å². The van der Waals surface area contributed by atoms with E-state index in [4.69, 9.17) is 9.52 Å². The fourth-order valence-electron chi connectivity index (χ4n) is 1.18. The molecule has 0 aliphatic heterocycles. The molecule has 0 bridgehead atoms. The Morgan fingerprint density at radius 2 is 2.29 bits per heavy atom. The van der Waals surface area contributed by atoms with Gasteiger partial charge in [-0.25, -0.2) is 4.79 Å². The van der Waals surface area contributed by atoms with Gasteiger partial charge in [-0.3, -0.25) is 4.79 Å². The second-order valence-electron chi connectivity index (χ2n) is 2.62. The van der Waals surface area contributed by atoms with Gasteiger partial charge in [0.15, 0.2) is 5.58 Å². The Labute approximate surface area is 85.5 Å². The van der Waals surface area contributed by atoms with E-state index in [-0.39, 0.29) is 16.5 Å². The summed E-state index contributed by atoms with van der Waals surface area (Å²) in [7, 11) is 0. The van der Waals surface area contributed by atoms with Crippen LogP contribution in [0.2, 0.25) is 0 Å². The van der Waals surface area contributed by atoms with Gasteiger partial charge in [0, 0.05) is 6.20 Å². The Morgan fingerprint density at radius 1 is 1.57 bits per heavy atom. The minimum absolute atomic E-state index is 0.0480. The number of aromatic amines is 1. The molecule has 0 aliphatic rings. The molecule has 0 aliphatic carbocycles. The van der Waals surface area contributed by atoms with Gasteiger partial charge in [-0.15, -0.1) is 0 Å². The van der Waals surface area contributed by atoms with Gasteiger partial charge in [-0.1, -0.05) is 0 Å². The Kier molecular flexibility index (Phi) is 1.92. The SMILES string of the molecule is O=C(O)c1coc2c(Br)c[nH]c(=O)c12. The van der Waals surface area contributed by atoms with Gasteiger partial charge in [-0.2, -0.15) is 0 Å². The quantitative estimate of drug-likeness (QED) is 0.813. The van der Waals surface area contributed by atoms with E-state index >= 15 is 0 Å². The van der Waals surface area contributed by atoms with Crippen LogP contribution >= 0.6 is 15.9 Å². The third-order valence-corrected chi connectivity index (χ3v) is 2.38. The largest absolute Gasteiger partial charge is 0.478 e. The number of carbonyl (C=O) groups is 1. The first-order chi connectivity index (χ1) is 6.61. The van der Waals surface area contributed by atoms with Gasteiger partial charge in [0.05, 0.1) is 4.47 Å². The molecule has 2 heterocycles. The average Bonchev–Trinajstić information content (AvgIpc) is 2.56. The number of halogens is 1. The van der Waals surface area contributed by atoms with Crippen LogP contribution in [0.5, 0.6) is 0 Å². The standard InChI is InChI=1S/C8H4BrNO4/c9-4-1-10-7(11)5-3(8(12)13)2-14-6(4)5/h1-2H,(H,10,11)(H,12,13). The van der Waals surface area contributed by atoms with Crippen molar-refractivity contribution in [2.24, 2.45) is 0 Å². The summed E-state index contributed by atoms with van der Waals surface area (Å²) >= 11 is 3.14. The number of H-pyrrole nitrogens is 1. The van der Waals surface area contributed by atoms with Gasteiger partial charge < -0.3 is 14.5 Å². The predicted octanol–water partition coefficient (Wildman–Crippen LogP) is 1.58. The molecule has 0 saturated carbocycles. The molecule has 0 fully saturated rings. The molecular weight excluding hydrogens is 254 g/mol. The van der Waals surface area contributed by atoms with Crippen molar-refractivity contribution in [3.8, 4) is 0 Å². The topological polar surface area (TPSA) is 83.3 Å². The molecule has 6 heteroatoms. The molecule has 0 aromatic carbocycles. The summed E-state index contributed by atoms with van der Waals surface area (Å²) in [5.74, 6) is -1.19. The molecular formula is C8H4BrNO4. The molecule has 0 amide bonds. The number of carboxylic acid groups (broad SMARTS) is 1. The smallest absolute Gasteiger partial charge is 0.339 e. The highest BCUT2D eigenvalue weighted by molar-refractivity contribution is 9.10. The van der Waals surface area contributed by atoms with Crippen molar-refractivity contribution in [2.75, 3.05) is 0 Å². The first-order valence-corrected chi connectivity index (χ1v) is 4.42. The lowest BCUT2D eigenvalue weighted by Gasteiger charge is -1.91. The van der Waals surface area contributed by atoms with Crippen LogP contribution in [0.3, 0.4) is 0 Å². The van der Waals surface area contributed by atoms with Gasteiger partial charge in [-0.05, 0) is 15.9 Å². The van der Waals surface area contributed by atoms with E-state index in [1.54, 1.807) is 0 Å². The fraction of sp³-hybridized carbons (Fsp3) is 0. The van der Waals surface area contributed by atoms with E-state index < -0.39 is 11.5 Å². The summed E-state index contributed by atoms with van der Waals surface area (Å²) in [6.45, 7) is 0. The predicted molar refractivity (Wildman–Crippen MR) is 51.5 cm³/mol. The molecule has 14 heavy (non-hydrogen) atoms. The molecule has 2 rings (SSSR count). The average molecular weight is 258 g/mol. The number of aromatic carboxylic acids is 1. The van der Waals surface area contributed by atoms with Crippen LogP contribution in [-0.2, 0) is 0 Å². The van der Waals surface area contributed by atoms with E-state index in [1.165, 1.54) is 6.20 Å². The minimum Gasteiger partial charge on any atom is -0.478 e. The van der Waals surface area contributed by atoms with Crippen molar-refractivity contribution in [2.45, 2.75) is 0 Å². The molecule has 0 radical (unpaired) electrons. The third kappa shape index (κ3) is 1.15. The van der Waals surface area contributed by atoms with E-state index in [1.807, 2.05) is 0 Å². The van der Waals surface area contributed by atoms with Crippen molar-refractivity contribution in [1.29, 1.82) is 0 Å². The molecule has 0 atom stereocenters. The number of aromatic nitrogens is 1. The van der Waals surface area contributed by atoms with Crippen LogP contribution in [0.4, 0.5) is 0 Å². The highest BCUT2D eigenvalue weighted by Gasteiger charge is 2.17. The lowest BCUT2D eigenvalue weighted by molar-refractivity contribution is 0.0698. The third-order valence-electron chi connectivity index (χ3n) is 1.80. The summed E-state index contributed by atoms with van der Waals surface area (Å²) in [5.41, 5.74) is -0.372. The van der Waals surface area contributed by atoms with Gasteiger partial charge in [0.25, 0.3) is 5.56 Å². The zero-order valence-corrected chi connectivity index (χ0v) is 8.29. The van der Waals surface area contributed by atoms with Crippen LogP contribution in [0.1, 0.15) is 10.4 Å². The fourth-order valence-corrected chi connectivity index (χ4v) is 1.59. The Balaban J connectivity index is 2.98. The van der Waals surface area contributed by atoms with Gasteiger partial charge in [0.2, 0.25) is 0 Å². The maximum Gasteiger partial charge on any atom is 0.339 e. The second-order valence-corrected chi connectivity index (χ2v) is 3.48. The molecule has 2 aromatic heterocycles. The van der Waals surface area contributed by atoms with Crippen molar-refractivity contribution in [3.05, 3.63) is 32.8 Å². The number of pyridine rings is 1. The monoisotopic (exact) mass is 257 g/mol. The lowest BCUT2D eigenvalue weighted by Crippen LogP contribution is -2.08. The normalized spacial score (nSPS) is 10.6. The van der Waals surface area contributed by atoms with Gasteiger partial charge in [0.1, 0.15) is 17.2 Å². The van der Waals surface area contributed by atoms with Crippen molar-refractivity contribution in [3.63, 3.8) is 0 Å². The molecule has 0 spiro atoms. The Hall–Kier alpha value is -1.56. The number of fused-ring (bicyclic) bond motifs is 1. The zero-order chi connectivity index (χ0) is 10.3. The van der Waals surface area contributed by atoms with Crippen molar-refractivity contribution >= 4 is 32.9 Å². The van der Waals surface area contributed by atoms with Crippen LogP contribution in [0, 0.1) is 0 Å². The number of hydrogen-bond donors (Lipinski definition) is 2. The molecule has 0 unspecified atom stereocenters.